The normalized spacial score (nSPS) is 10.3. The van der Waals surface area contributed by atoms with Gasteiger partial charge in [-0.05, 0) is 35.7 Å². The van der Waals surface area contributed by atoms with Crippen LogP contribution in [0.25, 0.3) is 10.8 Å². The van der Waals surface area contributed by atoms with Crippen molar-refractivity contribution in [2.45, 2.75) is 0 Å². The zero-order chi connectivity index (χ0) is 23.5. The van der Waals surface area contributed by atoms with E-state index in [4.69, 9.17) is 4.74 Å². The Labute approximate surface area is 178 Å². The first-order valence-corrected chi connectivity index (χ1v) is 9.42. The van der Waals surface area contributed by atoms with Gasteiger partial charge in [-0.15, -0.1) is 0 Å². The van der Waals surface area contributed by atoms with Crippen LogP contribution in [0.15, 0.2) is 66.7 Å². The van der Waals surface area contributed by atoms with Crippen molar-refractivity contribution >= 4 is 27.7 Å². The first-order chi connectivity index (χ1) is 15.1. The predicted molar refractivity (Wildman–Crippen MR) is 110 cm³/mol. The molecule has 0 radical (unpaired) electrons. The van der Waals surface area contributed by atoms with Crippen LogP contribution in [-0.2, 0) is 15.4 Å². The van der Waals surface area contributed by atoms with Gasteiger partial charge in [0.15, 0.2) is 0 Å². The van der Waals surface area contributed by atoms with E-state index in [1.807, 2.05) is 42.5 Å². The first kappa shape index (κ1) is 28.2. The van der Waals surface area contributed by atoms with Gasteiger partial charge in [0.1, 0.15) is 11.5 Å². The van der Waals surface area contributed by atoms with Crippen molar-refractivity contribution in [2.75, 3.05) is 32.6 Å². The van der Waals surface area contributed by atoms with Gasteiger partial charge in [-0.25, -0.2) is 30.3 Å². The van der Waals surface area contributed by atoms with Crippen LogP contribution in [-0.4, -0.2) is 32.1 Å². The smallest absolute Gasteiger partial charge is 0.264 e. The van der Waals surface area contributed by atoms with Gasteiger partial charge in [-0.2, -0.15) is 0 Å². The minimum absolute atomic E-state index is 0.500. The number of nitrogens with one attached hydrogen (secondary N) is 1. The Kier molecular flexibility index (Phi) is 16.4. The Morgan fingerprint density at radius 2 is 1.35 bits per heavy atom. The average molecular weight is 469 g/mol. The van der Waals surface area contributed by atoms with Crippen molar-refractivity contribution in [3.63, 3.8) is 0 Å². The van der Waals surface area contributed by atoms with Crippen LogP contribution < -0.4 is 9.46 Å². The van der Waals surface area contributed by atoms with Crippen molar-refractivity contribution in [2.24, 2.45) is 0 Å². The Bertz CT molecular complexity index is 864. The monoisotopic (exact) mass is 469 g/mol. The maximum absolute atomic E-state index is 11.9. The van der Waals surface area contributed by atoms with Crippen molar-refractivity contribution in [1.82, 2.24) is 0 Å². The van der Waals surface area contributed by atoms with Gasteiger partial charge in [0.25, 0.3) is 11.3 Å². The molecule has 0 bridgehead atoms. The minimum Gasteiger partial charge on any atom is -0.457 e. The van der Waals surface area contributed by atoms with E-state index in [1.165, 1.54) is 0 Å². The van der Waals surface area contributed by atoms with E-state index in [9.17, 15) is 30.6 Å². The highest BCUT2D eigenvalue weighted by atomic mass is 32.2. The highest BCUT2D eigenvalue weighted by Crippen LogP contribution is 2.30. The zero-order valence-electron chi connectivity index (χ0n) is 16.4. The molecule has 1 atom stereocenters. The summed E-state index contributed by atoms with van der Waals surface area (Å²) < 4.78 is 83.9. The van der Waals surface area contributed by atoms with E-state index in [1.54, 1.807) is 24.3 Å². The molecule has 0 aliphatic carbocycles. The molecule has 0 saturated heterocycles. The molecular formula is C20H21F6NO3S. The van der Waals surface area contributed by atoms with Gasteiger partial charge in [0.05, 0.1) is 7.18 Å². The Morgan fingerprint density at radius 3 is 1.94 bits per heavy atom. The van der Waals surface area contributed by atoms with Gasteiger partial charge in [-0.3, -0.25) is 9.11 Å². The highest BCUT2D eigenvalue weighted by Gasteiger charge is 2.04. The fraction of sp³-hybridized carbons (Fsp3) is 0.200. The number of rotatable bonds is 6. The van der Waals surface area contributed by atoms with E-state index in [2.05, 4.69) is 8.91 Å². The van der Waals surface area contributed by atoms with E-state index >= 15 is 0 Å². The molecular weight excluding hydrogens is 448 g/mol. The summed E-state index contributed by atoms with van der Waals surface area (Å²) in [5.74, 6) is 1.40. The second kappa shape index (κ2) is 18.0. The SMILES string of the molecule is CF.FCF.FCF.O=S(Nc1ccc(Oc2cccc3ccccc23)cc1)OCF. The number of hydrogen-bond donors (Lipinski definition) is 1. The molecule has 11 heteroatoms. The summed E-state index contributed by atoms with van der Waals surface area (Å²) in [6, 6.07) is 20.6. The molecule has 0 heterocycles. The minimum atomic E-state index is -1.90. The number of ether oxygens (including phenoxy) is 1. The van der Waals surface area contributed by atoms with Gasteiger partial charge >= 0.3 is 0 Å². The molecule has 0 fully saturated rings. The van der Waals surface area contributed by atoms with Crippen LogP contribution in [0.1, 0.15) is 0 Å². The van der Waals surface area contributed by atoms with E-state index < -0.39 is 32.0 Å². The second-order valence-corrected chi connectivity index (χ2v) is 5.78. The van der Waals surface area contributed by atoms with Gasteiger partial charge in [0.2, 0.25) is 20.7 Å². The molecule has 4 nitrogen and oxygen atoms in total. The van der Waals surface area contributed by atoms with E-state index in [-0.39, 0.29) is 0 Å². The maximum atomic E-state index is 11.9. The van der Waals surface area contributed by atoms with Crippen LogP contribution in [0.3, 0.4) is 0 Å². The Balaban J connectivity index is 0.000000991. The maximum Gasteiger partial charge on any atom is 0.264 e. The summed E-state index contributed by atoms with van der Waals surface area (Å²) in [5.41, 5.74) is 0.544. The number of benzene rings is 3. The third-order valence-electron chi connectivity index (χ3n) is 3.18. The number of fused-ring (bicyclic) bond motifs is 1. The third kappa shape index (κ3) is 11.2. The number of alkyl halides is 6. The Morgan fingerprint density at radius 1 is 0.806 bits per heavy atom. The lowest BCUT2D eigenvalue weighted by atomic mass is 10.1. The molecule has 3 aromatic carbocycles. The molecule has 0 aliphatic heterocycles. The lowest BCUT2D eigenvalue weighted by Gasteiger charge is -2.10. The molecule has 3 aromatic rings. The average Bonchev–Trinajstić information content (AvgIpc) is 2.78. The third-order valence-corrected chi connectivity index (χ3v) is 3.89. The summed E-state index contributed by atoms with van der Waals surface area (Å²) in [5, 5.41) is 2.12. The number of anilines is 1. The summed E-state index contributed by atoms with van der Waals surface area (Å²) >= 11 is -1.90. The Hall–Kier alpha value is -2.79. The molecule has 3 rings (SSSR count). The molecule has 0 aromatic heterocycles. The number of hydrogen-bond acceptors (Lipinski definition) is 3. The molecule has 1 unspecified atom stereocenters. The van der Waals surface area contributed by atoms with Crippen LogP contribution in [0, 0.1) is 0 Å². The lowest BCUT2D eigenvalue weighted by molar-refractivity contribution is 0.213. The second-order valence-electron chi connectivity index (χ2n) is 4.87. The molecule has 0 spiro atoms. The molecule has 172 valence electrons. The van der Waals surface area contributed by atoms with Crippen molar-refractivity contribution in [3.05, 3.63) is 66.7 Å². The standard InChI is InChI=1S/C17H14FNO3S.2CH2F2.CH3F/c18-12-21-23(20)19-14-8-10-15(11-9-14)22-17-7-3-5-13-4-1-2-6-16(13)17;2*2-1-3;1-2/h1-11,19H,12H2;2*1H2;1H3. The van der Waals surface area contributed by atoms with Crippen LogP contribution in [0.5, 0.6) is 11.5 Å². The molecule has 0 amide bonds. The summed E-state index contributed by atoms with van der Waals surface area (Å²) in [6.07, 6.45) is 0. The van der Waals surface area contributed by atoms with Crippen LogP contribution in [0.4, 0.5) is 32.0 Å². The topological polar surface area (TPSA) is 47.6 Å². The summed E-state index contributed by atoms with van der Waals surface area (Å²) in [7, 11) is 0.500. The van der Waals surface area contributed by atoms with E-state index in [0.717, 1.165) is 16.5 Å². The quantitative estimate of drug-likeness (QED) is 0.399. The van der Waals surface area contributed by atoms with Crippen LogP contribution in [0.2, 0.25) is 0 Å². The summed E-state index contributed by atoms with van der Waals surface area (Å²) in [6.45, 7) is -4.61. The first-order valence-electron chi connectivity index (χ1n) is 8.34. The van der Waals surface area contributed by atoms with Crippen molar-refractivity contribution < 1.29 is 39.5 Å². The lowest BCUT2D eigenvalue weighted by Crippen LogP contribution is -2.07. The van der Waals surface area contributed by atoms with Gasteiger partial charge < -0.3 is 4.74 Å². The molecule has 0 aliphatic rings. The van der Waals surface area contributed by atoms with Gasteiger partial charge in [0, 0.05) is 11.1 Å². The fourth-order valence-electron chi connectivity index (χ4n) is 2.17. The summed E-state index contributed by atoms with van der Waals surface area (Å²) in [4.78, 5) is 0. The zero-order valence-corrected chi connectivity index (χ0v) is 17.2. The molecule has 1 N–H and O–H groups in total. The molecule has 31 heavy (non-hydrogen) atoms. The van der Waals surface area contributed by atoms with Crippen molar-refractivity contribution in [3.8, 4) is 11.5 Å². The predicted octanol–water partition coefficient (Wildman–Crippen LogP) is 6.92. The fourth-order valence-corrected chi connectivity index (χ4v) is 2.64. The van der Waals surface area contributed by atoms with E-state index in [0.29, 0.717) is 18.6 Å². The van der Waals surface area contributed by atoms with Gasteiger partial charge in [-0.1, -0.05) is 36.4 Å². The molecule has 0 saturated carbocycles. The highest BCUT2D eigenvalue weighted by molar-refractivity contribution is 7.81. The largest absolute Gasteiger partial charge is 0.457 e. The van der Waals surface area contributed by atoms with Crippen molar-refractivity contribution in [1.29, 1.82) is 0 Å². The number of halogens is 6. The van der Waals surface area contributed by atoms with Crippen LogP contribution >= 0.6 is 0 Å².